The van der Waals surface area contributed by atoms with Crippen LogP contribution in [-0.2, 0) is 10.0 Å². The molecule has 0 aliphatic rings. The third kappa shape index (κ3) is 4.84. The minimum atomic E-state index is -3.90. The number of benzene rings is 3. The summed E-state index contributed by atoms with van der Waals surface area (Å²) in [7, 11) is -1.01. The lowest BCUT2D eigenvalue weighted by Gasteiger charge is -2.13. The monoisotopic (exact) mass is 446 g/mol. The van der Waals surface area contributed by atoms with Crippen LogP contribution in [0.2, 0.25) is 5.02 Å². The Morgan fingerprint density at radius 3 is 2.23 bits per heavy atom. The van der Waals surface area contributed by atoms with E-state index in [9.17, 15) is 13.2 Å². The molecule has 0 aliphatic carbocycles. The number of rotatable bonds is 7. The summed E-state index contributed by atoms with van der Waals surface area (Å²) >= 11 is 6.24. The summed E-state index contributed by atoms with van der Waals surface area (Å²) in [4.78, 5) is 12.3. The fourth-order valence-electron chi connectivity index (χ4n) is 2.66. The van der Waals surface area contributed by atoms with E-state index in [1.807, 2.05) is 6.07 Å². The third-order valence-corrected chi connectivity index (χ3v) is 5.86. The van der Waals surface area contributed by atoms with Crippen molar-refractivity contribution in [1.29, 1.82) is 0 Å². The Bertz CT molecular complexity index is 1170. The van der Waals surface area contributed by atoms with Crippen molar-refractivity contribution in [3.05, 3.63) is 77.3 Å². The van der Waals surface area contributed by atoms with Crippen molar-refractivity contribution in [1.82, 2.24) is 0 Å². The maximum atomic E-state index is 12.7. The molecule has 0 unspecified atom stereocenters. The second-order valence-electron chi connectivity index (χ2n) is 6.14. The van der Waals surface area contributed by atoms with Gasteiger partial charge in [0.15, 0.2) is 11.5 Å². The van der Waals surface area contributed by atoms with Crippen molar-refractivity contribution in [3.8, 4) is 11.5 Å². The first-order valence-electron chi connectivity index (χ1n) is 8.75. The molecular formula is C21H19ClN2O5S. The fraction of sp³-hybridized carbons (Fsp3) is 0.0952. The number of amides is 1. The van der Waals surface area contributed by atoms with Gasteiger partial charge in [-0.3, -0.25) is 9.52 Å². The van der Waals surface area contributed by atoms with Crippen molar-refractivity contribution >= 4 is 38.9 Å². The highest BCUT2D eigenvalue weighted by molar-refractivity contribution is 7.92. The number of hydrogen-bond donors (Lipinski definition) is 2. The smallest absolute Gasteiger partial charge is 0.262 e. The molecule has 0 bridgehead atoms. The summed E-state index contributed by atoms with van der Waals surface area (Å²) in [5.74, 6) is 0.381. The van der Waals surface area contributed by atoms with Crippen molar-refractivity contribution in [2.45, 2.75) is 4.90 Å². The Labute approximate surface area is 179 Å². The number of carbonyl (C=O) groups excluding carboxylic acids is 1. The van der Waals surface area contributed by atoms with E-state index < -0.39 is 10.0 Å². The van der Waals surface area contributed by atoms with Gasteiger partial charge in [-0.25, -0.2) is 8.42 Å². The van der Waals surface area contributed by atoms with Crippen LogP contribution in [0.1, 0.15) is 10.4 Å². The molecular weight excluding hydrogens is 428 g/mol. The molecule has 1 amide bonds. The van der Waals surface area contributed by atoms with Crippen LogP contribution >= 0.6 is 11.6 Å². The number of anilines is 2. The maximum Gasteiger partial charge on any atom is 0.262 e. The topological polar surface area (TPSA) is 93.7 Å². The molecule has 3 rings (SSSR count). The van der Waals surface area contributed by atoms with Crippen LogP contribution < -0.4 is 19.5 Å². The molecule has 0 heterocycles. The lowest BCUT2D eigenvalue weighted by Crippen LogP contribution is -2.14. The normalized spacial score (nSPS) is 10.9. The van der Waals surface area contributed by atoms with Crippen molar-refractivity contribution in [2.24, 2.45) is 0 Å². The highest BCUT2D eigenvalue weighted by Gasteiger charge is 2.18. The van der Waals surface area contributed by atoms with E-state index in [0.29, 0.717) is 17.0 Å². The number of hydrogen-bond acceptors (Lipinski definition) is 5. The van der Waals surface area contributed by atoms with Crippen LogP contribution in [0.4, 0.5) is 11.4 Å². The van der Waals surface area contributed by atoms with Gasteiger partial charge in [-0.1, -0.05) is 29.8 Å². The SMILES string of the molecule is COc1ccc(S(=O)(=O)Nc2ccc(NC(=O)c3ccccc3)c(Cl)c2)cc1OC. The molecule has 0 aliphatic heterocycles. The standard InChI is InChI=1S/C21H19ClN2O5S/c1-28-19-11-9-16(13-20(19)29-2)30(26,27)24-15-8-10-18(17(22)12-15)23-21(25)14-6-4-3-5-7-14/h3-13,24H,1-2H3,(H,23,25). The molecule has 0 saturated carbocycles. The van der Waals surface area contributed by atoms with Gasteiger partial charge >= 0.3 is 0 Å². The van der Waals surface area contributed by atoms with Gasteiger partial charge in [-0.2, -0.15) is 0 Å². The Hall–Kier alpha value is -3.23. The van der Waals surface area contributed by atoms with Gasteiger partial charge in [0.05, 0.1) is 35.5 Å². The largest absolute Gasteiger partial charge is 0.493 e. The number of sulfonamides is 1. The summed E-state index contributed by atoms with van der Waals surface area (Å²) in [5.41, 5.74) is 1.08. The molecule has 30 heavy (non-hydrogen) atoms. The van der Waals surface area contributed by atoms with Gasteiger partial charge in [0.2, 0.25) is 0 Å². The average molecular weight is 447 g/mol. The van der Waals surface area contributed by atoms with Gasteiger partial charge in [-0.15, -0.1) is 0 Å². The Morgan fingerprint density at radius 2 is 1.60 bits per heavy atom. The molecule has 0 saturated heterocycles. The van der Waals surface area contributed by atoms with Gasteiger partial charge in [0, 0.05) is 11.6 Å². The molecule has 2 N–H and O–H groups in total. The van der Waals surface area contributed by atoms with E-state index in [0.717, 1.165) is 0 Å². The first-order chi connectivity index (χ1) is 14.3. The summed E-state index contributed by atoms with van der Waals surface area (Å²) < 4.78 is 38.1. The molecule has 0 aromatic heterocycles. The van der Waals surface area contributed by atoms with Crippen LogP contribution in [0.15, 0.2) is 71.6 Å². The molecule has 3 aromatic carbocycles. The molecule has 9 heteroatoms. The van der Waals surface area contributed by atoms with Gasteiger partial charge in [0.1, 0.15) is 0 Å². The lowest BCUT2D eigenvalue weighted by atomic mass is 10.2. The minimum absolute atomic E-state index is 0.00210. The maximum absolute atomic E-state index is 12.7. The molecule has 0 atom stereocenters. The Morgan fingerprint density at radius 1 is 0.900 bits per heavy atom. The second-order valence-corrected chi connectivity index (χ2v) is 8.23. The average Bonchev–Trinajstić information content (AvgIpc) is 2.75. The van der Waals surface area contributed by atoms with Gasteiger partial charge in [-0.05, 0) is 42.5 Å². The van der Waals surface area contributed by atoms with Crippen molar-refractivity contribution < 1.29 is 22.7 Å². The molecule has 7 nitrogen and oxygen atoms in total. The molecule has 3 aromatic rings. The van der Waals surface area contributed by atoms with Gasteiger partial charge in [0.25, 0.3) is 15.9 Å². The van der Waals surface area contributed by atoms with E-state index >= 15 is 0 Å². The van der Waals surface area contributed by atoms with Gasteiger partial charge < -0.3 is 14.8 Å². The van der Waals surface area contributed by atoms with E-state index in [1.165, 1.54) is 50.6 Å². The number of carbonyl (C=O) groups is 1. The van der Waals surface area contributed by atoms with Crippen molar-refractivity contribution in [2.75, 3.05) is 24.3 Å². The summed E-state index contributed by atoms with van der Waals surface area (Å²) in [6.45, 7) is 0. The summed E-state index contributed by atoms with van der Waals surface area (Å²) in [6.07, 6.45) is 0. The van der Waals surface area contributed by atoms with E-state index in [2.05, 4.69) is 10.0 Å². The molecule has 156 valence electrons. The second kappa shape index (κ2) is 9.06. The molecule has 0 spiro atoms. The predicted molar refractivity (Wildman–Crippen MR) is 116 cm³/mol. The zero-order chi connectivity index (χ0) is 21.7. The lowest BCUT2D eigenvalue weighted by molar-refractivity contribution is 0.102. The van der Waals surface area contributed by atoms with E-state index in [-0.39, 0.29) is 27.3 Å². The minimum Gasteiger partial charge on any atom is -0.493 e. The summed E-state index contributed by atoms with van der Waals surface area (Å²) in [6, 6.07) is 17.4. The number of methoxy groups -OCH3 is 2. The summed E-state index contributed by atoms with van der Waals surface area (Å²) in [5, 5.41) is 2.88. The van der Waals surface area contributed by atoms with Crippen LogP contribution in [-0.4, -0.2) is 28.5 Å². The fourth-order valence-corrected chi connectivity index (χ4v) is 3.95. The Kier molecular flexibility index (Phi) is 6.49. The first kappa shape index (κ1) is 21.5. The molecule has 0 fully saturated rings. The van der Waals surface area contributed by atoms with E-state index in [4.69, 9.17) is 21.1 Å². The third-order valence-electron chi connectivity index (χ3n) is 4.17. The quantitative estimate of drug-likeness (QED) is 0.560. The first-order valence-corrected chi connectivity index (χ1v) is 10.6. The molecule has 0 radical (unpaired) electrons. The van der Waals surface area contributed by atoms with Crippen LogP contribution in [0.5, 0.6) is 11.5 Å². The van der Waals surface area contributed by atoms with Crippen LogP contribution in [0.25, 0.3) is 0 Å². The van der Waals surface area contributed by atoms with E-state index in [1.54, 1.807) is 24.3 Å². The number of ether oxygens (including phenoxy) is 2. The van der Waals surface area contributed by atoms with Crippen LogP contribution in [0.3, 0.4) is 0 Å². The Balaban J connectivity index is 1.79. The van der Waals surface area contributed by atoms with Crippen LogP contribution in [0, 0.1) is 0 Å². The zero-order valence-electron chi connectivity index (χ0n) is 16.2. The zero-order valence-corrected chi connectivity index (χ0v) is 17.8. The highest BCUT2D eigenvalue weighted by atomic mass is 35.5. The van der Waals surface area contributed by atoms with Crippen molar-refractivity contribution in [3.63, 3.8) is 0 Å². The number of halogens is 1. The predicted octanol–water partition coefficient (Wildman–Crippen LogP) is 4.41. The number of nitrogens with one attached hydrogen (secondary N) is 2. The highest BCUT2D eigenvalue weighted by Crippen LogP contribution is 2.31.